The third kappa shape index (κ3) is 5.43. The molecule has 2 aromatic rings. The molecule has 0 heterocycles. The summed E-state index contributed by atoms with van der Waals surface area (Å²) in [6.07, 6.45) is 0. The molecule has 0 aromatic heterocycles. The van der Waals surface area contributed by atoms with Crippen molar-refractivity contribution in [3.63, 3.8) is 0 Å². The lowest BCUT2D eigenvalue weighted by Crippen LogP contribution is -2.07. The Hall–Kier alpha value is -1.64. The minimum absolute atomic E-state index is 0.561. The number of ether oxygens (including phenoxy) is 2. The van der Waals surface area contributed by atoms with Crippen molar-refractivity contribution in [3.05, 3.63) is 68.8 Å². The largest absolute Gasteiger partial charge is 0.374 e. The van der Waals surface area contributed by atoms with E-state index in [0.29, 0.717) is 32.3 Å². The first-order valence-corrected chi connectivity index (χ1v) is 9.61. The first kappa shape index (κ1) is 20.7. The summed E-state index contributed by atoms with van der Waals surface area (Å²) in [7, 11) is 0. The number of benzene rings is 2. The van der Waals surface area contributed by atoms with Crippen molar-refractivity contribution >= 4 is 0 Å². The van der Waals surface area contributed by atoms with Gasteiger partial charge < -0.3 is 9.47 Å². The third-order valence-electron chi connectivity index (χ3n) is 5.19. The average molecular weight is 355 g/mol. The molecule has 0 saturated heterocycles. The van der Waals surface area contributed by atoms with Crippen LogP contribution in [-0.2, 0) is 22.7 Å². The van der Waals surface area contributed by atoms with Gasteiger partial charge in [-0.25, -0.2) is 0 Å². The highest BCUT2D eigenvalue weighted by atomic mass is 16.5. The minimum atomic E-state index is 0.561. The summed E-state index contributed by atoms with van der Waals surface area (Å²) in [5.41, 5.74) is 10.6. The summed E-state index contributed by atoms with van der Waals surface area (Å²) in [5, 5.41) is 0. The highest BCUT2D eigenvalue weighted by molar-refractivity contribution is 5.38. The van der Waals surface area contributed by atoms with Crippen LogP contribution in [0.5, 0.6) is 0 Å². The predicted octanol–water partition coefficient (Wildman–Crippen LogP) is 6.09. The summed E-state index contributed by atoms with van der Waals surface area (Å²) < 4.78 is 11.7. The highest BCUT2D eigenvalue weighted by Gasteiger charge is 2.08. The molecular weight excluding hydrogens is 320 g/mol. The van der Waals surface area contributed by atoms with Crippen molar-refractivity contribution in [2.45, 2.75) is 67.6 Å². The second-order valence-corrected chi connectivity index (χ2v) is 7.76. The van der Waals surface area contributed by atoms with Crippen LogP contribution < -0.4 is 0 Å². The quantitative estimate of drug-likeness (QED) is 0.534. The Labute approximate surface area is 159 Å². The van der Waals surface area contributed by atoms with Crippen LogP contribution in [0.3, 0.4) is 0 Å². The topological polar surface area (TPSA) is 18.5 Å². The molecule has 0 fully saturated rings. The molecule has 0 aliphatic rings. The van der Waals surface area contributed by atoms with Crippen molar-refractivity contribution in [1.29, 1.82) is 0 Å². The first-order valence-electron chi connectivity index (χ1n) is 9.61. The van der Waals surface area contributed by atoms with Crippen LogP contribution in [-0.4, -0.2) is 13.2 Å². The SMILES string of the molecule is Cc1cc(C)c(COCCOCc2cc(C)c(C(C)C)cc2C)cc1C. The molecule has 0 unspecified atom stereocenters. The van der Waals surface area contributed by atoms with Gasteiger partial charge in [-0.1, -0.05) is 38.1 Å². The molecule has 0 N–H and O–H groups in total. The molecular formula is C24H34O2. The van der Waals surface area contributed by atoms with Gasteiger partial charge in [0.15, 0.2) is 0 Å². The number of hydrogen-bond donors (Lipinski definition) is 0. The smallest absolute Gasteiger partial charge is 0.0720 e. The minimum Gasteiger partial charge on any atom is -0.374 e. The van der Waals surface area contributed by atoms with Crippen LogP contribution in [0.2, 0.25) is 0 Å². The average Bonchev–Trinajstić information content (AvgIpc) is 2.57. The fraction of sp³-hybridized carbons (Fsp3) is 0.500. The Bertz CT molecular complexity index is 744. The summed E-state index contributed by atoms with van der Waals surface area (Å²) in [5.74, 6) is 0.561. The molecule has 0 saturated carbocycles. The molecule has 0 atom stereocenters. The zero-order valence-corrected chi connectivity index (χ0v) is 17.5. The van der Waals surface area contributed by atoms with Gasteiger partial charge in [0.05, 0.1) is 26.4 Å². The predicted molar refractivity (Wildman–Crippen MR) is 110 cm³/mol. The second kappa shape index (κ2) is 9.34. The van der Waals surface area contributed by atoms with Gasteiger partial charge in [0.1, 0.15) is 0 Å². The maximum atomic E-state index is 5.84. The van der Waals surface area contributed by atoms with Crippen molar-refractivity contribution in [1.82, 2.24) is 0 Å². The van der Waals surface area contributed by atoms with E-state index in [1.54, 1.807) is 0 Å². The molecule has 2 aromatic carbocycles. The van der Waals surface area contributed by atoms with Crippen LogP contribution in [0.25, 0.3) is 0 Å². The Morgan fingerprint density at radius 1 is 0.615 bits per heavy atom. The van der Waals surface area contributed by atoms with E-state index in [1.807, 2.05) is 0 Å². The molecule has 26 heavy (non-hydrogen) atoms. The van der Waals surface area contributed by atoms with Crippen LogP contribution >= 0.6 is 0 Å². The van der Waals surface area contributed by atoms with E-state index >= 15 is 0 Å². The molecule has 0 spiro atoms. The Morgan fingerprint density at radius 2 is 1.08 bits per heavy atom. The maximum absolute atomic E-state index is 5.84. The third-order valence-corrected chi connectivity index (χ3v) is 5.19. The molecule has 142 valence electrons. The molecule has 0 amide bonds. The summed E-state index contributed by atoms with van der Waals surface area (Å²) in [4.78, 5) is 0. The molecule has 0 aliphatic carbocycles. The molecule has 0 aliphatic heterocycles. The maximum Gasteiger partial charge on any atom is 0.0720 e. The second-order valence-electron chi connectivity index (χ2n) is 7.76. The lowest BCUT2D eigenvalue weighted by Gasteiger charge is -2.15. The Kier molecular flexibility index (Phi) is 7.43. The van der Waals surface area contributed by atoms with E-state index in [9.17, 15) is 0 Å². The van der Waals surface area contributed by atoms with Crippen LogP contribution in [0.4, 0.5) is 0 Å². The van der Waals surface area contributed by atoms with Crippen molar-refractivity contribution in [2.75, 3.05) is 13.2 Å². The standard InChI is InChI=1S/C24H34O2/c1-16(2)24-13-20(6)23(12-21(24)7)15-26-9-8-25-14-22-11-18(4)17(3)10-19(22)5/h10-13,16H,8-9,14-15H2,1-7H3. The van der Waals surface area contributed by atoms with E-state index in [-0.39, 0.29) is 0 Å². The lowest BCUT2D eigenvalue weighted by molar-refractivity contribution is 0.0335. The lowest BCUT2D eigenvalue weighted by atomic mass is 9.93. The fourth-order valence-electron chi connectivity index (χ4n) is 3.33. The van der Waals surface area contributed by atoms with Gasteiger partial charge in [-0.3, -0.25) is 0 Å². The van der Waals surface area contributed by atoms with Crippen LogP contribution in [0.15, 0.2) is 24.3 Å². The van der Waals surface area contributed by atoms with Gasteiger partial charge in [-0.2, -0.15) is 0 Å². The normalized spacial score (nSPS) is 11.4. The van der Waals surface area contributed by atoms with Gasteiger partial charge in [0.2, 0.25) is 0 Å². The molecule has 2 heteroatoms. The van der Waals surface area contributed by atoms with Gasteiger partial charge in [0, 0.05) is 0 Å². The van der Waals surface area contributed by atoms with Crippen LogP contribution in [0, 0.1) is 34.6 Å². The zero-order chi connectivity index (χ0) is 19.3. The summed E-state index contributed by atoms with van der Waals surface area (Å²) in [6, 6.07) is 9.03. The fourth-order valence-corrected chi connectivity index (χ4v) is 3.33. The van der Waals surface area contributed by atoms with Crippen molar-refractivity contribution in [3.8, 4) is 0 Å². The van der Waals surface area contributed by atoms with E-state index in [1.165, 1.54) is 44.5 Å². The number of aryl methyl sites for hydroxylation is 5. The molecule has 2 nitrogen and oxygen atoms in total. The summed E-state index contributed by atoms with van der Waals surface area (Å²) in [6.45, 7) is 17.8. The van der Waals surface area contributed by atoms with Crippen molar-refractivity contribution in [2.24, 2.45) is 0 Å². The highest BCUT2D eigenvalue weighted by Crippen LogP contribution is 2.23. The monoisotopic (exact) mass is 354 g/mol. The number of rotatable bonds is 8. The first-order chi connectivity index (χ1) is 12.3. The Morgan fingerprint density at radius 3 is 1.62 bits per heavy atom. The van der Waals surface area contributed by atoms with E-state index < -0.39 is 0 Å². The molecule has 2 rings (SSSR count). The molecule has 0 radical (unpaired) electrons. The van der Waals surface area contributed by atoms with E-state index in [4.69, 9.17) is 9.47 Å². The van der Waals surface area contributed by atoms with Crippen LogP contribution in [0.1, 0.15) is 64.3 Å². The van der Waals surface area contributed by atoms with Gasteiger partial charge in [-0.15, -0.1) is 0 Å². The van der Waals surface area contributed by atoms with Gasteiger partial charge >= 0.3 is 0 Å². The van der Waals surface area contributed by atoms with E-state index in [2.05, 4.69) is 72.7 Å². The van der Waals surface area contributed by atoms with Gasteiger partial charge in [0.25, 0.3) is 0 Å². The molecule has 0 bridgehead atoms. The Balaban J connectivity index is 1.78. The van der Waals surface area contributed by atoms with Gasteiger partial charge in [-0.05, 0) is 85.0 Å². The zero-order valence-electron chi connectivity index (χ0n) is 17.5. The van der Waals surface area contributed by atoms with E-state index in [0.717, 1.165) is 0 Å². The number of hydrogen-bond acceptors (Lipinski definition) is 2. The summed E-state index contributed by atoms with van der Waals surface area (Å²) >= 11 is 0. The van der Waals surface area contributed by atoms with Crippen molar-refractivity contribution < 1.29 is 9.47 Å².